The lowest BCUT2D eigenvalue weighted by atomic mass is 9.93. The molecule has 3 aromatic rings. The van der Waals surface area contributed by atoms with Gasteiger partial charge >= 0.3 is 5.97 Å². The van der Waals surface area contributed by atoms with E-state index in [9.17, 15) is 18.7 Å². The molecule has 3 aliphatic heterocycles. The fourth-order valence-electron chi connectivity index (χ4n) is 5.05. The molecule has 1 saturated heterocycles. The summed E-state index contributed by atoms with van der Waals surface area (Å²) in [6.45, 7) is 15.0. The number of hydrogen-bond donors (Lipinski definition) is 2. The molecule has 12 heteroatoms. The number of aryl methyl sites for hydroxylation is 1. The lowest BCUT2D eigenvalue weighted by Crippen LogP contribution is -2.45. The molecule has 3 aliphatic rings. The number of anilines is 1. The molecule has 5 heterocycles. The molecule has 0 unspecified atom stereocenters. The van der Waals surface area contributed by atoms with Crippen LogP contribution >= 0.6 is 0 Å². The second-order valence-electron chi connectivity index (χ2n) is 12.4. The number of piperidine rings is 1. The van der Waals surface area contributed by atoms with E-state index in [1.165, 1.54) is 0 Å². The standard InChI is InChI=1S/C28H32F2N4O5.C4H10O.C2H6/c1-18-21(15-26(35)36)27-33-8-6-28(2,7-9-33)39-11-5-3-4-10-38-24-13-19(29)12-23(30)22(24)17-37-16-20-14-25(31-18)34(27)32-20;1-4(2,3)5;1-2/h3,5,12-14H,4,6-11,15-17H2,1-2H3,(H,35,36);5H,1-3H3;1-2H3/b5-3-;;. The van der Waals surface area contributed by atoms with Crippen LogP contribution in [-0.4, -0.2) is 68.3 Å². The fourth-order valence-corrected chi connectivity index (χ4v) is 5.05. The van der Waals surface area contributed by atoms with Crippen molar-refractivity contribution in [3.8, 4) is 5.75 Å². The van der Waals surface area contributed by atoms with E-state index < -0.39 is 23.2 Å². The first kappa shape index (κ1) is 36.9. The Morgan fingerprint density at radius 3 is 2.41 bits per heavy atom. The molecule has 0 amide bonds. The van der Waals surface area contributed by atoms with E-state index in [-0.39, 0.29) is 43.2 Å². The number of aliphatic hydroxyl groups is 1. The Kier molecular flexibility index (Phi) is 13.0. The molecule has 46 heavy (non-hydrogen) atoms. The third-order valence-corrected chi connectivity index (χ3v) is 7.23. The van der Waals surface area contributed by atoms with Crippen molar-refractivity contribution in [1.29, 1.82) is 0 Å². The summed E-state index contributed by atoms with van der Waals surface area (Å²) in [5.41, 5.74) is 1.63. The van der Waals surface area contributed by atoms with E-state index in [4.69, 9.17) is 19.3 Å². The molecule has 1 aromatic carbocycles. The second kappa shape index (κ2) is 16.3. The monoisotopic (exact) mass is 646 g/mol. The number of nitrogens with zero attached hydrogens (tertiary/aromatic N) is 4. The lowest BCUT2D eigenvalue weighted by molar-refractivity contribution is -0.136. The quantitative estimate of drug-likeness (QED) is 0.315. The molecule has 0 atom stereocenters. The summed E-state index contributed by atoms with van der Waals surface area (Å²) < 4.78 is 47.9. The number of benzene rings is 1. The number of carboxylic acid groups (broad SMARTS) is 1. The minimum absolute atomic E-state index is 0.0427. The molecule has 0 aliphatic carbocycles. The summed E-state index contributed by atoms with van der Waals surface area (Å²) in [7, 11) is 0. The van der Waals surface area contributed by atoms with Crippen molar-refractivity contribution in [2.45, 2.75) is 98.6 Å². The van der Waals surface area contributed by atoms with Gasteiger partial charge in [0.25, 0.3) is 0 Å². The van der Waals surface area contributed by atoms with E-state index in [0.29, 0.717) is 54.5 Å². The normalized spacial score (nSPS) is 17.6. The molecular formula is C34H48F2N4O6. The van der Waals surface area contributed by atoms with Crippen LogP contribution in [0.15, 0.2) is 30.4 Å². The Morgan fingerprint density at radius 2 is 1.76 bits per heavy atom. The summed E-state index contributed by atoms with van der Waals surface area (Å²) in [5, 5.41) is 22.8. The summed E-state index contributed by atoms with van der Waals surface area (Å²) in [6.07, 6.45) is 5.71. The zero-order valence-corrected chi connectivity index (χ0v) is 28.0. The van der Waals surface area contributed by atoms with Gasteiger partial charge < -0.3 is 29.3 Å². The van der Waals surface area contributed by atoms with Crippen LogP contribution in [0.1, 0.15) is 83.3 Å². The first-order valence-electron chi connectivity index (χ1n) is 15.8. The van der Waals surface area contributed by atoms with Crippen LogP contribution in [0.4, 0.5) is 14.6 Å². The molecule has 0 saturated carbocycles. The Labute approximate surface area is 270 Å². The summed E-state index contributed by atoms with van der Waals surface area (Å²) >= 11 is 0. The van der Waals surface area contributed by atoms with Crippen molar-refractivity contribution in [3.05, 3.63) is 64.5 Å². The van der Waals surface area contributed by atoms with E-state index in [0.717, 1.165) is 25.0 Å². The molecule has 2 aromatic heterocycles. The summed E-state index contributed by atoms with van der Waals surface area (Å²) in [6, 6.07) is 3.73. The van der Waals surface area contributed by atoms with Crippen molar-refractivity contribution in [2.24, 2.45) is 0 Å². The Morgan fingerprint density at radius 1 is 1.09 bits per heavy atom. The number of aromatic nitrogens is 3. The molecule has 0 spiro atoms. The molecule has 4 bridgehead atoms. The first-order valence-corrected chi connectivity index (χ1v) is 15.8. The number of aliphatic carboxylic acids is 1. The van der Waals surface area contributed by atoms with Gasteiger partial charge in [0.15, 0.2) is 5.65 Å². The van der Waals surface area contributed by atoms with Gasteiger partial charge in [0.1, 0.15) is 23.2 Å². The maximum absolute atomic E-state index is 14.6. The van der Waals surface area contributed by atoms with Gasteiger partial charge in [0.2, 0.25) is 0 Å². The predicted octanol–water partition coefficient (Wildman–Crippen LogP) is 6.18. The molecular weight excluding hydrogens is 598 g/mol. The van der Waals surface area contributed by atoms with Gasteiger partial charge in [0.05, 0.1) is 55.3 Å². The number of fused-ring (bicyclic) bond motifs is 9. The smallest absolute Gasteiger partial charge is 0.308 e. The van der Waals surface area contributed by atoms with Gasteiger partial charge in [-0.1, -0.05) is 26.0 Å². The molecule has 2 N–H and O–H groups in total. The van der Waals surface area contributed by atoms with Crippen molar-refractivity contribution in [2.75, 3.05) is 31.2 Å². The molecule has 254 valence electrons. The van der Waals surface area contributed by atoms with Gasteiger partial charge in [0, 0.05) is 42.5 Å². The van der Waals surface area contributed by atoms with Crippen LogP contribution in [0.25, 0.3) is 5.65 Å². The van der Waals surface area contributed by atoms with Crippen LogP contribution in [-0.2, 0) is 33.9 Å². The lowest BCUT2D eigenvalue weighted by Gasteiger charge is -2.40. The van der Waals surface area contributed by atoms with Gasteiger partial charge in [-0.3, -0.25) is 4.79 Å². The number of hydrogen-bond acceptors (Lipinski definition) is 8. The van der Waals surface area contributed by atoms with Crippen molar-refractivity contribution in [1.82, 2.24) is 14.6 Å². The third kappa shape index (κ3) is 10.5. The number of carboxylic acids is 1. The van der Waals surface area contributed by atoms with Gasteiger partial charge in [-0.15, -0.1) is 0 Å². The Hall–Kier alpha value is -3.61. The summed E-state index contributed by atoms with van der Waals surface area (Å²) in [5.74, 6) is -1.63. The number of rotatable bonds is 2. The highest BCUT2D eigenvalue weighted by Gasteiger charge is 2.33. The summed E-state index contributed by atoms with van der Waals surface area (Å²) in [4.78, 5) is 18.5. The molecule has 0 radical (unpaired) electrons. The minimum atomic E-state index is -0.950. The van der Waals surface area contributed by atoms with Crippen molar-refractivity contribution < 1.29 is 38.0 Å². The average Bonchev–Trinajstić information content (AvgIpc) is 3.36. The SMILES string of the molecule is CC.CC(C)(C)O.Cc1nc2cc3nn2c(c1CC(=O)O)N1CCC(C)(CC1)OC/C=C\CCOc1cc(F)cc(F)c1COC3. The van der Waals surface area contributed by atoms with Crippen molar-refractivity contribution in [3.63, 3.8) is 0 Å². The molecule has 10 nitrogen and oxygen atoms in total. The minimum Gasteiger partial charge on any atom is -0.493 e. The highest BCUT2D eigenvalue weighted by Crippen LogP contribution is 2.33. The fraction of sp³-hybridized carbons (Fsp3) is 0.559. The Bertz CT molecular complexity index is 1490. The van der Waals surface area contributed by atoms with Gasteiger partial charge in [-0.2, -0.15) is 9.61 Å². The van der Waals surface area contributed by atoms with E-state index in [2.05, 4.69) is 21.9 Å². The largest absolute Gasteiger partial charge is 0.493 e. The number of carbonyl (C=O) groups is 1. The maximum atomic E-state index is 14.6. The maximum Gasteiger partial charge on any atom is 0.308 e. The van der Waals surface area contributed by atoms with Crippen LogP contribution in [0.2, 0.25) is 0 Å². The number of halogens is 2. The van der Waals surface area contributed by atoms with Gasteiger partial charge in [-0.25, -0.2) is 13.8 Å². The van der Waals surface area contributed by atoms with Gasteiger partial charge in [-0.05, 0) is 53.9 Å². The first-order chi connectivity index (χ1) is 21.7. The topological polar surface area (TPSA) is 119 Å². The predicted molar refractivity (Wildman–Crippen MR) is 172 cm³/mol. The average molecular weight is 647 g/mol. The van der Waals surface area contributed by atoms with Crippen LogP contribution < -0.4 is 9.64 Å². The van der Waals surface area contributed by atoms with Crippen LogP contribution in [0.3, 0.4) is 0 Å². The second-order valence-corrected chi connectivity index (χ2v) is 12.4. The zero-order valence-electron chi connectivity index (χ0n) is 28.0. The molecule has 1 fully saturated rings. The van der Waals surface area contributed by atoms with Crippen LogP contribution in [0.5, 0.6) is 5.75 Å². The van der Waals surface area contributed by atoms with E-state index >= 15 is 0 Å². The van der Waals surface area contributed by atoms with E-state index in [1.54, 1.807) is 38.3 Å². The Balaban J connectivity index is 0.000000752. The van der Waals surface area contributed by atoms with Crippen LogP contribution in [0, 0.1) is 18.6 Å². The highest BCUT2D eigenvalue weighted by molar-refractivity contribution is 5.74. The number of ether oxygens (including phenoxy) is 3. The van der Waals surface area contributed by atoms with Crippen molar-refractivity contribution >= 4 is 17.4 Å². The zero-order chi connectivity index (χ0) is 34.1. The molecule has 6 rings (SSSR count). The third-order valence-electron chi connectivity index (χ3n) is 7.23. The highest BCUT2D eigenvalue weighted by atomic mass is 19.1. The van der Waals surface area contributed by atoms with E-state index in [1.807, 2.05) is 26.0 Å².